The molecule has 27 heavy (non-hydrogen) atoms. The van der Waals surface area contributed by atoms with Crippen LogP contribution in [-0.4, -0.2) is 27.5 Å². The van der Waals surface area contributed by atoms with Gasteiger partial charge in [-0.15, -0.1) is 5.10 Å². The molecule has 0 unspecified atom stereocenters. The van der Waals surface area contributed by atoms with Crippen LogP contribution in [0.2, 0.25) is 0 Å². The van der Waals surface area contributed by atoms with Gasteiger partial charge in [-0.05, 0) is 62.2 Å². The van der Waals surface area contributed by atoms with Gasteiger partial charge >= 0.3 is 6.61 Å². The normalized spacial score (nSPS) is 10.9. The zero-order valence-corrected chi connectivity index (χ0v) is 15.0. The number of aromatic nitrogens is 3. The largest absolute Gasteiger partial charge is 0.435 e. The average molecular weight is 372 g/mol. The molecule has 0 fully saturated rings. The molecule has 0 bridgehead atoms. The summed E-state index contributed by atoms with van der Waals surface area (Å²) < 4.78 is 30.3. The van der Waals surface area contributed by atoms with Gasteiger partial charge in [0.2, 0.25) is 0 Å². The molecule has 1 heterocycles. The maximum absolute atomic E-state index is 12.6. The predicted octanol–water partition coefficient (Wildman–Crippen LogP) is 4.05. The number of benzene rings is 2. The smallest absolute Gasteiger partial charge is 0.387 e. The molecule has 0 aliphatic rings. The van der Waals surface area contributed by atoms with Crippen molar-refractivity contribution in [2.45, 2.75) is 27.4 Å². The second-order valence-electron chi connectivity index (χ2n) is 6.08. The molecule has 0 saturated heterocycles. The van der Waals surface area contributed by atoms with E-state index < -0.39 is 6.61 Å². The molecule has 0 atom stereocenters. The van der Waals surface area contributed by atoms with E-state index in [1.165, 1.54) is 16.8 Å². The average Bonchev–Trinajstić information content (AvgIpc) is 3.00. The number of ether oxygens (including phenoxy) is 1. The molecular weight excluding hydrogens is 354 g/mol. The van der Waals surface area contributed by atoms with Gasteiger partial charge in [0.25, 0.3) is 5.91 Å². The van der Waals surface area contributed by atoms with Crippen LogP contribution in [0.15, 0.2) is 42.5 Å². The lowest BCUT2D eigenvalue weighted by Gasteiger charge is -2.09. The highest BCUT2D eigenvalue weighted by Crippen LogP contribution is 2.20. The van der Waals surface area contributed by atoms with Crippen molar-refractivity contribution >= 4 is 11.6 Å². The summed E-state index contributed by atoms with van der Waals surface area (Å²) in [5.41, 5.74) is 3.97. The highest BCUT2D eigenvalue weighted by atomic mass is 19.3. The van der Waals surface area contributed by atoms with E-state index in [0.29, 0.717) is 17.1 Å². The van der Waals surface area contributed by atoms with Crippen molar-refractivity contribution in [2.24, 2.45) is 0 Å². The number of aryl methyl sites for hydroxylation is 2. The van der Waals surface area contributed by atoms with Crippen LogP contribution in [0.1, 0.15) is 27.3 Å². The van der Waals surface area contributed by atoms with Crippen LogP contribution >= 0.6 is 0 Å². The van der Waals surface area contributed by atoms with E-state index in [9.17, 15) is 13.6 Å². The number of hydrogen-bond acceptors (Lipinski definition) is 4. The van der Waals surface area contributed by atoms with Crippen molar-refractivity contribution in [2.75, 3.05) is 5.32 Å². The number of carbonyl (C=O) groups excluding carboxylic acids is 1. The number of halogens is 2. The fraction of sp³-hybridized carbons (Fsp3) is 0.211. The minimum atomic E-state index is -2.88. The molecule has 1 N–H and O–H groups in total. The number of rotatable bonds is 5. The summed E-state index contributed by atoms with van der Waals surface area (Å²) in [4.78, 5) is 12.6. The quantitative estimate of drug-likeness (QED) is 0.734. The summed E-state index contributed by atoms with van der Waals surface area (Å²) in [6.07, 6.45) is 0. The van der Waals surface area contributed by atoms with E-state index in [2.05, 4.69) is 20.4 Å². The molecule has 0 saturated carbocycles. The van der Waals surface area contributed by atoms with Crippen molar-refractivity contribution in [3.8, 4) is 11.4 Å². The molecule has 0 spiro atoms. The third-order valence-electron chi connectivity index (χ3n) is 4.06. The lowest BCUT2D eigenvalue weighted by molar-refractivity contribution is -0.0498. The molecule has 8 heteroatoms. The Morgan fingerprint density at radius 2 is 1.81 bits per heavy atom. The Morgan fingerprint density at radius 1 is 1.11 bits per heavy atom. The zero-order chi connectivity index (χ0) is 19.6. The van der Waals surface area contributed by atoms with Gasteiger partial charge in [0, 0.05) is 5.69 Å². The summed E-state index contributed by atoms with van der Waals surface area (Å²) in [6.45, 7) is 2.67. The van der Waals surface area contributed by atoms with Gasteiger partial charge in [-0.25, -0.2) is 4.68 Å². The molecule has 3 rings (SSSR count). The Balaban J connectivity index is 1.82. The van der Waals surface area contributed by atoms with Gasteiger partial charge in [-0.3, -0.25) is 4.79 Å². The number of amides is 1. The number of carbonyl (C=O) groups is 1. The van der Waals surface area contributed by atoms with E-state index in [1.807, 2.05) is 32.0 Å². The number of nitrogens with zero attached hydrogens (tertiary/aromatic N) is 3. The molecule has 0 aliphatic carbocycles. The molecule has 140 valence electrons. The van der Waals surface area contributed by atoms with Crippen LogP contribution in [0.25, 0.3) is 5.69 Å². The molecular formula is C19H18F2N4O2. The van der Waals surface area contributed by atoms with Crippen LogP contribution in [0, 0.1) is 20.8 Å². The van der Waals surface area contributed by atoms with Gasteiger partial charge in [0.15, 0.2) is 5.69 Å². The highest BCUT2D eigenvalue weighted by molar-refractivity contribution is 6.04. The Morgan fingerprint density at radius 3 is 2.48 bits per heavy atom. The van der Waals surface area contributed by atoms with Crippen molar-refractivity contribution in [1.29, 1.82) is 0 Å². The van der Waals surface area contributed by atoms with Crippen LogP contribution < -0.4 is 10.1 Å². The third-order valence-corrected chi connectivity index (χ3v) is 4.06. The Kier molecular flexibility index (Phi) is 5.16. The summed E-state index contributed by atoms with van der Waals surface area (Å²) >= 11 is 0. The van der Waals surface area contributed by atoms with Gasteiger partial charge in [-0.1, -0.05) is 17.3 Å². The number of alkyl halides is 2. The topological polar surface area (TPSA) is 69.0 Å². The van der Waals surface area contributed by atoms with Crippen molar-refractivity contribution in [3.05, 3.63) is 65.0 Å². The number of hydrogen-bond donors (Lipinski definition) is 1. The minimum Gasteiger partial charge on any atom is -0.435 e. The molecule has 2 aromatic carbocycles. The fourth-order valence-electron chi connectivity index (χ4n) is 2.61. The van der Waals surface area contributed by atoms with E-state index >= 15 is 0 Å². The SMILES string of the molecule is Cc1ccc(C)c(NC(=O)c2nnn(-c3ccc(OC(F)F)cc3)c2C)c1. The van der Waals surface area contributed by atoms with Gasteiger partial charge in [-0.2, -0.15) is 8.78 Å². The van der Waals surface area contributed by atoms with E-state index in [4.69, 9.17) is 0 Å². The molecule has 1 amide bonds. The minimum absolute atomic E-state index is 0.0411. The Bertz CT molecular complexity index is 968. The molecule has 0 radical (unpaired) electrons. The van der Waals surface area contributed by atoms with Crippen molar-refractivity contribution < 1.29 is 18.3 Å². The summed E-state index contributed by atoms with van der Waals surface area (Å²) in [5.74, 6) is -0.329. The maximum atomic E-state index is 12.6. The molecule has 6 nitrogen and oxygen atoms in total. The maximum Gasteiger partial charge on any atom is 0.387 e. The van der Waals surface area contributed by atoms with E-state index in [1.54, 1.807) is 19.1 Å². The zero-order valence-electron chi connectivity index (χ0n) is 15.0. The lowest BCUT2D eigenvalue weighted by atomic mass is 10.1. The second-order valence-corrected chi connectivity index (χ2v) is 6.08. The molecule has 1 aromatic heterocycles. The van der Waals surface area contributed by atoms with Crippen LogP contribution in [-0.2, 0) is 0 Å². The summed E-state index contributed by atoms with van der Waals surface area (Å²) in [5, 5.41) is 10.8. The van der Waals surface area contributed by atoms with Crippen LogP contribution in [0.3, 0.4) is 0 Å². The monoisotopic (exact) mass is 372 g/mol. The lowest BCUT2D eigenvalue weighted by Crippen LogP contribution is -2.15. The molecule has 3 aromatic rings. The number of anilines is 1. The summed E-state index contributed by atoms with van der Waals surface area (Å²) in [7, 11) is 0. The van der Waals surface area contributed by atoms with E-state index in [-0.39, 0.29) is 17.4 Å². The fourth-order valence-corrected chi connectivity index (χ4v) is 2.61. The Hall–Kier alpha value is -3.29. The van der Waals surface area contributed by atoms with Gasteiger partial charge in [0.1, 0.15) is 5.75 Å². The Labute approximate surface area is 154 Å². The number of nitrogens with one attached hydrogen (secondary N) is 1. The second kappa shape index (κ2) is 7.53. The van der Waals surface area contributed by atoms with E-state index in [0.717, 1.165) is 11.1 Å². The van der Waals surface area contributed by atoms with Gasteiger partial charge < -0.3 is 10.1 Å². The molecule has 0 aliphatic heterocycles. The third kappa shape index (κ3) is 4.11. The van der Waals surface area contributed by atoms with Crippen LogP contribution in [0.4, 0.5) is 14.5 Å². The first kappa shape index (κ1) is 18.5. The van der Waals surface area contributed by atoms with Gasteiger partial charge in [0.05, 0.1) is 11.4 Å². The van der Waals surface area contributed by atoms with Crippen molar-refractivity contribution in [3.63, 3.8) is 0 Å². The predicted molar refractivity (Wildman–Crippen MR) is 96.6 cm³/mol. The first-order chi connectivity index (χ1) is 12.8. The highest BCUT2D eigenvalue weighted by Gasteiger charge is 2.18. The first-order valence-electron chi connectivity index (χ1n) is 8.21. The van der Waals surface area contributed by atoms with Crippen molar-refractivity contribution in [1.82, 2.24) is 15.0 Å². The standard InChI is InChI=1S/C19H18F2N4O2/c1-11-4-5-12(2)16(10-11)22-18(26)17-13(3)25(24-23-17)14-6-8-15(9-7-14)27-19(20)21/h4-10,19H,1-3H3,(H,22,26). The first-order valence-corrected chi connectivity index (χ1v) is 8.21. The van der Waals surface area contributed by atoms with Crippen LogP contribution in [0.5, 0.6) is 5.75 Å². The summed E-state index contributed by atoms with van der Waals surface area (Å²) in [6, 6.07) is 11.7.